The molecule has 0 amide bonds. The highest BCUT2D eigenvalue weighted by molar-refractivity contribution is 6.29. The van der Waals surface area contributed by atoms with Gasteiger partial charge < -0.3 is 4.52 Å². The van der Waals surface area contributed by atoms with E-state index in [2.05, 4.69) is 5.16 Å². The molecule has 0 aliphatic heterocycles. The van der Waals surface area contributed by atoms with Crippen LogP contribution in [0.25, 0.3) is 11.3 Å². The normalized spacial score (nSPS) is 10.3. The van der Waals surface area contributed by atoms with Crippen LogP contribution in [0.3, 0.4) is 0 Å². The van der Waals surface area contributed by atoms with Crippen LogP contribution >= 0.6 is 11.6 Å². The molecule has 2 rings (SSSR count). The molecule has 0 N–H and O–H groups in total. The van der Waals surface area contributed by atoms with Crippen LogP contribution in [-0.4, -0.2) is 5.16 Å². The molecule has 1 aromatic heterocycles. The Hall–Kier alpha value is -1.35. The van der Waals surface area contributed by atoms with E-state index in [1.807, 2.05) is 0 Å². The van der Waals surface area contributed by atoms with Crippen LogP contribution in [0.5, 0.6) is 0 Å². The van der Waals surface area contributed by atoms with Gasteiger partial charge in [0.1, 0.15) is 5.82 Å². The highest BCUT2D eigenvalue weighted by atomic mass is 35.5. The summed E-state index contributed by atoms with van der Waals surface area (Å²) in [5, 5.41) is 3.75. The molecule has 66 valence electrons. The highest BCUT2D eigenvalue weighted by Crippen LogP contribution is 2.22. The van der Waals surface area contributed by atoms with Crippen LogP contribution in [-0.2, 0) is 0 Å². The molecule has 0 fully saturated rings. The third-order valence-corrected chi connectivity index (χ3v) is 1.77. The summed E-state index contributed by atoms with van der Waals surface area (Å²) in [6.45, 7) is 0. The Morgan fingerprint density at radius 2 is 2.15 bits per heavy atom. The maximum atomic E-state index is 12.8. The van der Waals surface area contributed by atoms with E-state index < -0.39 is 0 Å². The number of nitrogens with zero attached hydrogens (tertiary/aromatic N) is 1. The van der Waals surface area contributed by atoms with Gasteiger partial charge in [-0.15, -0.1) is 0 Å². The largest absolute Gasteiger partial charge is 0.355 e. The van der Waals surface area contributed by atoms with Gasteiger partial charge in [0, 0.05) is 11.6 Å². The van der Waals surface area contributed by atoms with Crippen LogP contribution in [0, 0.1) is 5.82 Å². The Morgan fingerprint density at radius 3 is 2.77 bits per heavy atom. The first-order valence-corrected chi connectivity index (χ1v) is 4.01. The summed E-state index contributed by atoms with van der Waals surface area (Å²) in [6, 6.07) is 7.58. The minimum atomic E-state index is -0.315. The number of hydrogen-bond donors (Lipinski definition) is 0. The van der Waals surface area contributed by atoms with Crippen molar-refractivity contribution in [2.45, 2.75) is 0 Å². The molecule has 1 heterocycles. The van der Waals surface area contributed by atoms with Crippen molar-refractivity contribution in [1.82, 2.24) is 5.16 Å². The second-order valence-corrected chi connectivity index (χ2v) is 2.91. The molecule has 2 nitrogen and oxygen atoms in total. The van der Waals surface area contributed by atoms with E-state index in [0.29, 0.717) is 11.3 Å². The van der Waals surface area contributed by atoms with E-state index >= 15 is 0 Å². The zero-order chi connectivity index (χ0) is 9.26. The van der Waals surface area contributed by atoms with E-state index in [-0.39, 0.29) is 11.0 Å². The number of halogens is 2. The first-order valence-electron chi connectivity index (χ1n) is 3.64. The van der Waals surface area contributed by atoms with Crippen molar-refractivity contribution in [3.63, 3.8) is 0 Å². The Morgan fingerprint density at radius 1 is 1.31 bits per heavy atom. The lowest BCUT2D eigenvalue weighted by Gasteiger charge is -1.93. The van der Waals surface area contributed by atoms with E-state index in [9.17, 15) is 4.39 Å². The summed E-state index contributed by atoms with van der Waals surface area (Å²) in [7, 11) is 0. The molecule has 0 unspecified atom stereocenters. The third kappa shape index (κ3) is 1.70. The molecule has 0 aliphatic carbocycles. The van der Waals surface area contributed by atoms with Gasteiger partial charge in [0.05, 0.1) is 0 Å². The topological polar surface area (TPSA) is 26.0 Å². The minimum Gasteiger partial charge on any atom is -0.355 e. The lowest BCUT2D eigenvalue weighted by molar-refractivity contribution is 0.432. The van der Waals surface area contributed by atoms with Gasteiger partial charge in [0.15, 0.2) is 10.9 Å². The molecular formula is C9H5ClFNO. The van der Waals surface area contributed by atoms with Gasteiger partial charge in [-0.2, -0.15) is 0 Å². The van der Waals surface area contributed by atoms with Gasteiger partial charge in [0.2, 0.25) is 0 Å². The Balaban J connectivity index is 2.46. The molecule has 0 aliphatic rings. The molecule has 0 atom stereocenters. The summed E-state index contributed by atoms with van der Waals surface area (Å²) >= 11 is 5.55. The zero-order valence-corrected chi connectivity index (χ0v) is 7.25. The predicted octanol–water partition coefficient (Wildman–Crippen LogP) is 3.13. The van der Waals surface area contributed by atoms with Crippen molar-refractivity contribution >= 4 is 11.6 Å². The summed E-state index contributed by atoms with van der Waals surface area (Å²) in [4.78, 5) is 0. The molecule has 0 saturated heterocycles. The fourth-order valence-corrected chi connectivity index (χ4v) is 1.17. The second-order valence-electron chi connectivity index (χ2n) is 2.52. The van der Waals surface area contributed by atoms with Crippen LogP contribution in [0.15, 0.2) is 34.9 Å². The van der Waals surface area contributed by atoms with Gasteiger partial charge in [-0.1, -0.05) is 28.9 Å². The van der Waals surface area contributed by atoms with Crippen molar-refractivity contribution in [2.75, 3.05) is 0 Å². The van der Waals surface area contributed by atoms with Crippen molar-refractivity contribution < 1.29 is 8.91 Å². The fourth-order valence-electron chi connectivity index (χ4n) is 1.03. The molecule has 0 saturated carbocycles. The maximum absolute atomic E-state index is 12.8. The average Bonchev–Trinajstić information content (AvgIpc) is 2.52. The van der Waals surface area contributed by atoms with Gasteiger partial charge >= 0.3 is 0 Å². The molecule has 0 bridgehead atoms. The second kappa shape index (κ2) is 3.18. The number of aromatic nitrogens is 1. The first-order chi connectivity index (χ1) is 6.25. The molecule has 0 spiro atoms. The summed E-state index contributed by atoms with van der Waals surface area (Å²) < 4.78 is 17.6. The minimum absolute atomic E-state index is 0.263. The van der Waals surface area contributed by atoms with E-state index in [4.69, 9.17) is 16.1 Å². The molecule has 2 aromatic rings. The molecule has 1 aromatic carbocycles. The van der Waals surface area contributed by atoms with Crippen LogP contribution in [0.4, 0.5) is 4.39 Å². The van der Waals surface area contributed by atoms with Crippen LogP contribution < -0.4 is 0 Å². The van der Waals surface area contributed by atoms with Crippen LogP contribution in [0.2, 0.25) is 5.15 Å². The first kappa shape index (κ1) is 8.26. The Bertz CT molecular complexity index is 427. The summed E-state index contributed by atoms with van der Waals surface area (Å²) in [5.74, 6) is 0.148. The highest BCUT2D eigenvalue weighted by Gasteiger charge is 2.05. The van der Waals surface area contributed by atoms with Crippen LogP contribution in [0.1, 0.15) is 0 Å². The number of rotatable bonds is 1. The lowest BCUT2D eigenvalue weighted by atomic mass is 10.2. The van der Waals surface area contributed by atoms with Gasteiger partial charge in [-0.3, -0.25) is 0 Å². The number of hydrogen-bond acceptors (Lipinski definition) is 2. The SMILES string of the molecule is Fc1cccc(-c2cc(Cl)no2)c1. The third-order valence-electron chi connectivity index (χ3n) is 1.59. The van der Waals surface area contributed by atoms with E-state index in [1.165, 1.54) is 18.2 Å². The lowest BCUT2D eigenvalue weighted by Crippen LogP contribution is -1.75. The molecule has 13 heavy (non-hydrogen) atoms. The van der Waals surface area contributed by atoms with E-state index in [1.54, 1.807) is 12.1 Å². The quantitative estimate of drug-likeness (QED) is 0.702. The van der Waals surface area contributed by atoms with Crippen molar-refractivity contribution in [1.29, 1.82) is 0 Å². The van der Waals surface area contributed by atoms with Crippen molar-refractivity contribution in [3.8, 4) is 11.3 Å². The Kier molecular flexibility index (Phi) is 2.02. The van der Waals surface area contributed by atoms with Crippen molar-refractivity contribution in [2.24, 2.45) is 0 Å². The van der Waals surface area contributed by atoms with Gasteiger partial charge in [-0.25, -0.2) is 4.39 Å². The predicted molar refractivity (Wildman–Crippen MR) is 46.9 cm³/mol. The standard InChI is InChI=1S/C9H5ClFNO/c10-9-5-8(13-12-9)6-2-1-3-7(11)4-6/h1-5H. The van der Waals surface area contributed by atoms with E-state index in [0.717, 1.165) is 0 Å². The summed E-state index contributed by atoms with van der Waals surface area (Å²) in [6.07, 6.45) is 0. The fraction of sp³-hybridized carbons (Fsp3) is 0. The summed E-state index contributed by atoms with van der Waals surface area (Å²) in [5.41, 5.74) is 0.624. The smallest absolute Gasteiger partial charge is 0.172 e. The molecule has 4 heteroatoms. The maximum Gasteiger partial charge on any atom is 0.172 e. The monoisotopic (exact) mass is 197 g/mol. The molecule has 0 radical (unpaired) electrons. The number of benzene rings is 1. The van der Waals surface area contributed by atoms with Gasteiger partial charge in [0.25, 0.3) is 0 Å². The van der Waals surface area contributed by atoms with Gasteiger partial charge in [-0.05, 0) is 12.1 Å². The van der Waals surface area contributed by atoms with Crippen molar-refractivity contribution in [3.05, 3.63) is 41.3 Å². The Labute approximate surface area is 78.9 Å². The zero-order valence-electron chi connectivity index (χ0n) is 6.50. The average molecular weight is 198 g/mol. The molecular weight excluding hydrogens is 193 g/mol.